The average Bonchev–Trinajstić information content (AvgIpc) is 3.01. The van der Waals surface area contributed by atoms with Gasteiger partial charge in [-0.3, -0.25) is 25.8 Å². The zero-order valence-corrected chi connectivity index (χ0v) is 15.3. The molecule has 10 heteroatoms. The lowest BCUT2D eigenvalue weighted by atomic mass is 10.1. The van der Waals surface area contributed by atoms with Gasteiger partial charge in [0.25, 0.3) is 11.6 Å². The predicted octanol–water partition coefficient (Wildman–Crippen LogP) is 4.62. The van der Waals surface area contributed by atoms with Gasteiger partial charge in [-0.1, -0.05) is 46.6 Å². The molecule has 3 aromatic rings. The number of para-hydroxylation sites is 2. The fourth-order valence-electron chi connectivity index (χ4n) is 2.46. The van der Waals surface area contributed by atoms with Crippen LogP contribution in [0.5, 0.6) is 0 Å². The van der Waals surface area contributed by atoms with Crippen molar-refractivity contribution in [3.63, 3.8) is 0 Å². The Bertz CT molecular complexity index is 1020. The van der Waals surface area contributed by atoms with E-state index in [9.17, 15) is 14.9 Å². The van der Waals surface area contributed by atoms with Gasteiger partial charge in [-0.15, -0.1) is 0 Å². The van der Waals surface area contributed by atoms with Crippen LogP contribution in [-0.4, -0.2) is 16.0 Å². The molecule has 1 amide bonds. The summed E-state index contributed by atoms with van der Waals surface area (Å²) >= 11 is 12.4. The fraction of sp³-hybridized carbons (Fsp3) is 0.0588. The van der Waals surface area contributed by atoms with E-state index in [-0.39, 0.29) is 28.4 Å². The van der Waals surface area contributed by atoms with Gasteiger partial charge in [0.15, 0.2) is 0 Å². The lowest BCUT2D eigenvalue weighted by Gasteiger charge is -2.10. The van der Waals surface area contributed by atoms with Crippen molar-refractivity contribution < 1.29 is 14.2 Å². The lowest BCUT2D eigenvalue weighted by Crippen LogP contribution is -2.30. The molecule has 0 aliphatic heterocycles. The van der Waals surface area contributed by atoms with E-state index in [4.69, 9.17) is 27.7 Å². The van der Waals surface area contributed by atoms with E-state index in [0.29, 0.717) is 15.6 Å². The second kappa shape index (κ2) is 7.65. The highest BCUT2D eigenvalue weighted by Gasteiger charge is 2.25. The van der Waals surface area contributed by atoms with Gasteiger partial charge in [0.05, 0.1) is 15.0 Å². The van der Waals surface area contributed by atoms with E-state index in [0.717, 1.165) is 0 Å². The van der Waals surface area contributed by atoms with E-state index < -0.39 is 10.8 Å². The number of nitrogens with one attached hydrogen (secondary N) is 2. The van der Waals surface area contributed by atoms with Crippen LogP contribution in [-0.2, 0) is 0 Å². The van der Waals surface area contributed by atoms with Crippen LogP contribution in [0, 0.1) is 17.0 Å². The highest BCUT2D eigenvalue weighted by Crippen LogP contribution is 2.36. The smallest absolute Gasteiger partial charge is 0.294 e. The molecule has 1 aromatic heterocycles. The molecule has 0 atom stereocenters. The highest BCUT2D eigenvalue weighted by atomic mass is 35.5. The number of amides is 1. The van der Waals surface area contributed by atoms with Crippen LogP contribution < -0.4 is 10.9 Å². The number of hydrazine groups is 1. The van der Waals surface area contributed by atoms with E-state index in [1.54, 1.807) is 31.2 Å². The minimum Gasteiger partial charge on any atom is -0.360 e. The second-order valence-electron chi connectivity index (χ2n) is 5.41. The van der Waals surface area contributed by atoms with Gasteiger partial charge in [-0.25, -0.2) is 0 Å². The Balaban J connectivity index is 1.91. The molecule has 0 spiro atoms. The molecular weight excluding hydrogens is 395 g/mol. The van der Waals surface area contributed by atoms with Gasteiger partial charge in [0.1, 0.15) is 22.7 Å². The van der Waals surface area contributed by atoms with E-state index in [2.05, 4.69) is 16.0 Å². The molecule has 2 N–H and O–H groups in total. The number of halogens is 2. The number of hydrogen-bond donors (Lipinski definition) is 2. The van der Waals surface area contributed by atoms with Crippen LogP contribution in [0.1, 0.15) is 16.1 Å². The van der Waals surface area contributed by atoms with E-state index in [1.807, 2.05) is 0 Å². The normalized spacial score (nSPS) is 10.5. The monoisotopic (exact) mass is 406 g/mol. The largest absolute Gasteiger partial charge is 0.360 e. The molecule has 3 rings (SSSR count). The third-order valence-electron chi connectivity index (χ3n) is 3.70. The van der Waals surface area contributed by atoms with Crippen molar-refractivity contribution in [3.05, 3.63) is 73.9 Å². The maximum atomic E-state index is 12.7. The second-order valence-corrected chi connectivity index (χ2v) is 6.23. The summed E-state index contributed by atoms with van der Waals surface area (Å²) in [4.78, 5) is 23.2. The quantitative estimate of drug-likeness (QED) is 0.472. The summed E-state index contributed by atoms with van der Waals surface area (Å²) in [5, 5.41) is 15.6. The number of carbonyl (C=O) groups is 1. The molecule has 0 unspecified atom stereocenters. The molecule has 8 nitrogen and oxygen atoms in total. The molecule has 2 aromatic carbocycles. The Morgan fingerprint density at radius 2 is 1.81 bits per heavy atom. The van der Waals surface area contributed by atoms with Crippen molar-refractivity contribution in [3.8, 4) is 11.3 Å². The van der Waals surface area contributed by atoms with Crippen LogP contribution in [0.25, 0.3) is 11.3 Å². The minimum atomic E-state index is -0.613. The van der Waals surface area contributed by atoms with Crippen molar-refractivity contribution in [2.75, 3.05) is 5.43 Å². The van der Waals surface area contributed by atoms with Crippen molar-refractivity contribution >= 4 is 40.5 Å². The van der Waals surface area contributed by atoms with Crippen molar-refractivity contribution in [2.45, 2.75) is 6.92 Å². The average molecular weight is 407 g/mol. The third kappa shape index (κ3) is 3.71. The molecule has 1 heterocycles. The lowest BCUT2D eigenvalue weighted by molar-refractivity contribution is -0.384. The highest BCUT2D eigenvalue weighted by molar-refractivity contribution is 6.39. The number of nitro benzene ring substituents is 1. The molecule has 0 bridgehead atoms. The van der Waals surface area contributed by atoms with Gasteiger partial charge >= 0.3 is 0 Å². The first-order chi connectivity index (χ1) is 12.9. The van der Waals surface area contributed by atoms with Crippen LogP contribution >= 0.6 is 23.2 Å². The number of rotatable bonds is 5. The molecule has 0 saturated heterocycles. The van der Waals surface area contributed by atoms with Gasteiger partial charge in [-0.2, -0.15) is 0 Å². The number of aryl methyl sites for hydroxylation is 1. The van der Waals surface area contributed by atoms with Crippen LogP contribution in [0.4, 0.5) is 11.4 Å². The molecule has 0 fully saturated rings. The standard InChI is InChI=1S/C17H12Cl2N4O4/c1-9-14(16(22-27-9)15-10(18)5-4-6-11(15)19)17(24)21-20-12-7-2-3-8-13(12)23(25)26/h2-8,20H,1H3,(H,21,24). The Kier molecular flexibility index (Phi) is 5.29. The van der Waals surface area contributed by atoms with E-state index >= 15 is 0 Å². The van der Waals surface area contributed by atoms with Gasteiger partial charge < -0.3 is 4.52 Å². The molecular formula is C17H12Cl2N4O4. The van der Waals surface area contributed by atoms with Crippen molar-refractivity contribution in [1.82, 2.24) is 10.6 Å². The summed E-state index contributed by atoms with van der Waals surface area (Å²) in [6, 6.07) is 10.8. The van der Waals surface area contributed by atoms with E-state index in [1.165, 1.54) is 18.2 Å². The fourth-order valence-corrected chi connectivity index (χ4v) is 3.04. The first-order valence-electron chi connectivity index (χ1n) is 7.60. The molecule has 0 saturated carbocycles. The summed E-state index contributed by atoms with van der Waals surface area (Å²) in [5.74, 6) is -0.374. The summed E-state index contributed by atoms with van der Waals surface area (Å²) < 4.78 is 5.13. The van der Waals surface area contributed by atoms with Gasteiger partial charge in [0, 0.05) is 11.6 Å². The Labute approximate surface area is 163 Å². The summed E-state index contributed by atoms with van der Waals surface area (Å²) in [5.41, 5.74) is 5.52. The predicted molar refractivity (Wildman–Crippen MR) is 101 cm³/mol. The molecule has 27 heavy (non-hydrogen) atoms. The van der Waals surface area contributed by atoms with Crippen LogP contribution in [0.2, 0.25) is 10.0 Å². The van der Waals surface area contributed by atoms with Gasteiger partial charge in [-0.05, 0) is 25.1 Å². The SMILES string of the molecule is Cc1onc(-c2c(Cl)cccc2Cl)c1C(=O)NNc1ccccc1[N+](=O)[O-]. The third-order valence-corrected chi connectivity index (χ3v) is 4.33. The number of aromatic nitrogens is 1. The maximum Gasteiger partial charge on any atom is 0.294 e. The Morgan fingerprint density at radius 1 is 1.15 bits per heavy atom. The van der Waals surface area contributed by atoms with Crippen molar-refractivity contribution in [1.29, 1.82) is 0 Å². The number of benzene rings is 2. The number of carbonyl (C=O) groups excluding carboxylic acids is 1. The van der Waals surface area contributed by atoms with Gasteiger partial charge in [0.2, 0.25) is 0 Å². The molecule has 0 aliphatic carbocycles. The number of nitro groups is 1. The summed E-state index contributed by atoms with van der Waals surface area (Å²) in [6.45, 7) is 1.56. The van der Waals surface area contributed by atoms with Crippen LogP contribution in [0.15, 0.2) is 47.0 Å². The zero-order valence-electron chi connectivity index (χ0n) is 13.8. The summed E-state index contributed by atoms with van der Waals surface area (Å²) in [7, 11) is 0. The minimum absolute atomic E-state index is 0.107. The Morgan fingerprint density at radius 3 is 2.48 bits per heavy atom. The number of anilines is 1. The Hall–Kier alpha value is -3.10. The first-order valence-corrected chi connectivity index (χ1v) is 8.36. The molecule has 0 aliphatic rings. The topological polar surface area (TPSA) is 110 Å². The number of nitrogens with zero attached hydrogens (tertiary/aromatic N) is 2. The summed E-state index contributed by atoms with van der Waals surface area (Å²) in [6.07, 6.45) is 0. The number of hydrogen-bond acceptors (Lipinski definition) is 6. The van der Waals surface area contributed by atoms with Crippen molar-refractivity contribution in [2.24, 2.45) is 0 Å². The zero-order chi connectivity index (χ0) is 19.6. The van der Waals surface area contributed by atoms with Crippen LogP contribution in [0.3, 0.4) is 0 Å². The molecule has 138 valence electrons. The maximum absolute atomic E-state index is 12.7. The molecule has 0 radical (unpaired) electrons. The first kappa shape index (κ1) is 18.7.